The third-order valence-electron chi connectivity index (χ3n) is 5.04. The summed E-state index contributed by atoms with van der Waals surface area (Å²) in [7, 11) is 0. The van der Waals surface area contributed by atoms with E-state index in [1.54, 1.807) is 18.3 Å². The molecule has 1 aliphatic rings. The molecule has 0 atom stereocenters. The van der Waals surface area contributed by atoms with Crippen LogP contribution in [0.1, 0.15) is 24.0 Å². The van der Waals surface area contributed by atoms with Crippen molar-refractivity contribution >= 4 is 23.3 Å². The molecular weight excluding hydrogens is 430 g/mol. The number of ether oxygens (including phenoxy) is 1. The molecule has 0 aliphatic carbocycles. The predicted molar refractivity (Wildman–Crippen MR) is 137 cm³/mol. The fraction of sp³-hybridized carbons (Fsp3) is 0.280. The van der Waals surface area contributed by atoms with Crippen LogP contribution in [0.3, 0.4) is 0 Å². The van der Waals surface area contributed by atoms with Gasteiger partial charge in [0, 0.05) is 18.3 Å². The number of hydrogen-bond acceptors (Lipinski definition) is 7. The molecule has 0 fully saturated rings. The molecule has 180 valence electrons. The molecule has 3 rings (SSSR count). The highest BCUT2D eigenvalue weighted by molar-refractivity contribution is 6.05. The average Bonchev–Trinajstić information content (AvgIpc) is 2.84. The van der Waals surface area contributed by atoms with Crippen molar-refractivity contribution in [1.82, 2.24) is 16.0 Å². The SMILES string of the molecule is C=C1N=C(NC(=O)Nc2ccccc2OCCCN)NC=C1c1ccc(CNCCCN)cc1. The van der Waals surface area contributed by atoms with Gasteiger partial charge in [0.25, 0.3) is 0 Å². The first-order valence-corrected chi connectivity index (χ1v) is 11.4. The molecule has 34 heavy (non-hydrogen) atoms. The van der Waals surface area contributed by atoms with Crippen LogP contribution in [0.15, 0.2) is 72.0 Å². The van der Waals surface area contributed by atoms with Gasteiger partial charge in [-0.15, -0.1) is 0 Å². The number of nitrogens with two attached hydrogens (primary N) is 2. The van der Waals surface area contributed by atoms with Crippen LogP contribution in [0.4, 0.5) is 10.5 Å². The largest absolute Gasteiger partial charge is 0.491 e. The van der Waals surface area contributed by atoms with Crippen LogP contribution in [0.2, 0.25) is 0 Å². The lowest BCUT2D eigenvalue weighted by atomic mass is 10.0. The summed E-state index contributed by atoms with van der Waals surface area (Å²) in [5.74, 6) is 0.864. The van der Waals surface area contributed by atoms with Crippen LogP contribution in [0.25, 0.3) is 5.57 Å². The molecule has 1 aliphatic heterocycles. The molecular formula is C25H33N7O2. The standard InChI is InChI=1S/C25H33N7O2/c1-18-21(20-10-8-19(9-11-20)16-28-14-4-12-26)17-29-24(30-18)32-25(33)31-22-6-2-3-7-23(22)34-15-5-13-27/h2-3,6-11,17,28H,1,4-5,12-16,26-27H2,(H3,29,30,31,32,33). The Morgan fingerprint density at radius 3 is 2.53 bits per heavy atom. The number of allylic oxidation sites excluding steroid dienone is 1. The van der Waals surface area contributed by atoms with Crippen LogP contribution in [-0.4, -0.2) is 38.2 Å². The number of aliphatic imine (C=N–C) groups is 1. The third-order valence-corrected chi connectivity index (χ3v) is 5.04. The van der Waals surface area contributed by atoms with Crippen molar-refractivity contribution in [3.8, 4) is 5.75 Å². The monoisotopic (exact) mass is 463 g/mol. The Bertz CT molecular complexity index is 1030. The Hall–Kier alpha value is -3.66. The summed E-state index contributed by atoms with van der Waals surface area (Å²) >= 11 is 0. The Kier molecular flexibility index (Phi) is 9.65. The number of urea groups is 1. The summed E-state index contributed by atoms with van der Waals surface area (Å²) < 4.78 is 5.69. The van der Waals surface area contributed by atoms with E-state index in [1.165, 1.54) is 5.56 Å². The minimum Gasteiger partial charge on any atom is -0.491 e. The maximum atomic E-state index is 12.5. The van der Waals surface area contributed by atoms with Crippen molar-refractivity contribution in [3.05, 3.63) is 78.1 Å². The van der Waals surface area contributed by atoms with Gasteiger partial charge in [0.2, 0.25) is 5.96 Å². The molecule has 0 radical (unpaired) electrons. The zero-order valence-electron chi connectivity index (χ0n) is 19.3. The zero-order chi connectivity index (χ0) is 24.2. The normalized spacial score (nSPS) is 12.9. The van der Waals surface area contributed by atoms with Crippen molar-refractivity contribution < 1.29 is 9.53 Å². The molecule has 2 amide bonds. The first-order valence-electron chi connectivity index (χ1n) is 11.4. The fourth-order valence-electron chi connectivity index (χ4n) is 3.25. The number of guanidine groups is 1. The molecule has 0 saturated carbocycles. The lowest BCUT2D eigenvalue weighted by Gasteiger charge is -2.18. The highest BCUT2D eigenvalue weighted by Gasteiger charge is 2.15. The Morgan fingerprint density at radius 1 is 1.03 bits per heavy atom. The van der Waals surface area contributed by atoms with Gasteiger partial charge in [-0.1, -0.05) is 43.0 Å². The number of hydrogen-bond donors (Lipinski definition) is 6. The summed E-state index contributed by atoms with van der Waals surface area (Å²) in [6.07, 6.45) is 3.47. The summed E-state index contributed by atoms with van der Waals surface area (Å²) in [5.41, 5.74) is 15.2. The van der Waals surface area contributed by atoms with Crippen LogP contribution >= 0.6 is 0 Å². The molecule has 0 aromatic heterocycles. The van der Waals surface area contributed by atoms with Gasteiger partial charge in [0.1, 0.15) is 5.75 Å². The Labute approximate surface area is 200 Å². The zero-order valence-corrected chi connectivity index (χ0v) is 19.3. The summed E-state index contributed by atoms with van der Waals surface area (Å²) in [6, 6.07) is 15.0. The number of nitrogens with one attached hydrogen (secondary N) is 4. The number of anilines is 1. The number of carbonyl (C=O) groups is 1. The van der Waals surface area contributed by atoms with Gasteiger partial charge < -0.3 is 32.2 Å². The van der Waals surface area contributed by atoms with Crippen molar-refractivity contribution in [2.24, 2.45) is 16.5 Å². The van der Waals surface area contributed by atoms with Crippen molar-refractivity contribution in [1.29, 1.82) is 0 Å². The van der Waals surface area contributed by atoms with Crippen LogP contribution in [0, 0.1) is 0 Å². The topological polar surface area (TPSA) is 139 Å². The highest BCUT2D eigenvalue weighted by atomic mass is 16.5. The molecule has 0 unspecified atom stereocenters. The minimum atomic E-state index is -0.447. The van der Waals surface area contributed by atoms with Crippen LogP contribution in [-0.2, 0) is 6.54 Å². The quantitative estimate of drug-likeness (QED) is 0.283. The number of carbonyl (C=O) groups excluding carboxylic acids is 1. The van der Waals surface area contributed by atoms with Gasteiger partial charge in [0.05, 0.1) is 18.0 Å². The maximum absolute atomic E-state index is 12.5. The van der Waals surface area contributed by atoms with Gasteiger partial charge in [-0.05, 0) is 55.7 Å². The summed E-state index contributed by atoms with van der Waals surface area (Å²) in [5, 5.41) is 11.9. The molecule has 9 nitrogen and oxygen atoms in total. The van der Waals surface area contributed by atoms with E-state index < -0.39 is 6.03 Å². The van der Waals surface area contributed by atoms with Crippen LogP contribution in [0.5, 0.6) is 5.75 Å². The summed E-state index contributed by atoms with van der Waals surface area (Å²) in [4.78, 5) is 16.9. The molecule has 9 heteroatoms. The van der Waals surface area contributed by atoms with Gasteiger partial charge in [0.15, 0.2) is 0 Å². The number of benzene rings is 2. The molecule has 0 spiro atoms. The first kappa shape index (κ1) is 25.0. The second kappa shape index (κ2) is 13.1. The number of para-hydroxylation sites is 2. The number of rotatable bonds is 11. The van der Waals surface area contributed by atoms with E-state index in [-0.39, 0.29) is 5.96 Å². The van der Waals surface area contributed by atoms with Gasteiger partial charge in [-0.25, -0.2) is 9.79 Å². The van der Waals surface area contributed by atoms with E-state index in [1.807, 2.05) is 24.3 Å². The van der Waals surface area contributed by atoms with E-state index >= 15 is 0 Å². The summed E-state index contributed by atoms with van der Waals surface area (Å²) in [6.45, 7) is 7.43. The number of amides is 2. The van der Waals surface area contributed by atoms with E-state index in [4.69, 9.17) is 16.2 Å². The lowest BCUT2D eigenvalue weighted by molar-refractivity contribution is 0.255. The molecule has 0 saturated heterocycles. The maximum Gasteiger partial charge on any atom is 0.326 e. The fourth-order valence-corrected chi connectivity index (χ4v) is 3.25. The van der Waals surface area contributed by atoms with E-state index in [0.717, 1.165) is 37.1 Å². The molecule has 2 aromatic carbocycles. The second-order valence-corrected chi connectivity index (χ2v) is 7.69. The second-order valence-electron chi connectivity index (χ2n) is 7.69. The molecule has 2 aromatic rings. The van der Waals surface area contributed by atoms with Crippen LogP contribution < -0.4 is 37.5 Å². The lowest BCUT2D eigenvalue weighted by Crippen LogP contribution is -2.42. The average molecular weight is 464 g/mol. The van der Waals surface area contributed by atoms with E-state index in [2.05, 4.69) is 45.0 Å². The molecule has 8 N–H and O–H groups in total. The first-order chi connectivity index (χ1) is 16.6. The van der Waals surface area contributed by atoms with Gasteiger partial charge in [-0.2, -0.15) is 0 Å². The van der Waals surface area contributed by atoms with Gasteiger partial charge >= 0.3 is 6.03 Å². The van der Waals surface area contributed by atoms with Gasteiger partial charge in [-0.3, -0.25) is 5.32 Å². The van der Waals surface area contributed by atoms with Crippen molar-refractivity contribution in [2.75, 3.05) is 31.6 Å². The predicted octanol–water partition coefficient (Wildman–Crippen LogP) is 2.49. The molecule has 1 heterocycles. The molecule has 0 bridgehead atoms. The third kappa shape index (κ3) is 7.45. The van der Waals surface area contributed by atoms with E-state index in [9.17, 15) is 4.79 Å². The highest BCUT2D eigenvalue weighted by Crippen LogP contribution is 2.25. The Balaban J connectivity index is 1.53. The minimum absolute atomic E-state index is 0.286. The van der Waals surface area contributed by atoms with Crippen molar-refractivity contribution in [2.45, 2.75) is 19.4 Å². The smallest absolute Gasteiger partial charge is 0.326 e. The number of nitrogens with zero attached hydrogens (tertiary/aromatic N) is 1. The van der Waals surface area contributed by atoms with Crippen molar-refractivity contribution in [3.63, 3.8) is 0 Å². The Morgan fingerprint density at radius 2 is 1.79 bits per heavy atom. The van der Waals surface area contributed by atoms with E-state index in [0.29, 0.717) is 36.8 Å².